The summed E-state index contributed by atoms with van der Waals surface area (Å²) in [7, 11) is 0. The van der Waals surface area contributed by atoms with E-state index in [1.54, 1.807) is 11.8 Å². The second-order valence-corrected chi connectivity index (χ2v) is 5.76. The molecule has 4 nitrogen and oxygen atoms in total. The zero-order valence-electron chi connectivity index (χ0n) is 10.0. The molecule has 5 heteroatoms. The molecule has 0 aromatic rings. The van der Waals surface area contributed by atoms with E-state index in [9.17, 15) is 9.90 Å². The van der Waals surface area contributed by atoms with Gasteiger partial charge in [-0.25, -0.2) is 0 Å². The third-order valence-corrected chi connectivity index (χ3v) is 3.56. The summed E-state index contributed by atoms with van der Waals surface area (Å²) in [5.41, 5.74) is 0. The standard InChI is InChI=1S/C11H22N2O2S/c1-8(2)5-9(14)6-13-11(15)10-7-16-4-3-12-10/h8-10,12,14H,3-7H2,1-2H3,(H,13,15). The Kier molecular flexibility index (Phi) is 6.16. The number of hydrogen-bond donors (Lipinski definition) is 3. The highest BCUT2D eigenvalue weighted by Gasteiger charge is 2.21. The van der Waals surface area contributed by atoms with Crippen LogP contribution in [-0.4, -0.2) is 47.8 Å². The molecule has 16 heavy (non-hydrogen) atoms. The van der Waals surface area contributed by atoms with Crippen LogP contribution in [0.4, 0.5) is 0 Å². The Hall–Kier alpha value is -0.260. The van der Waals surface area contributed by atoms with Gasteiger partial charge in [-0.2, -0.15) is 11.8 Å². The Morgan fingerprint density at radius 1 is 1.62 bits per heavy atom. The monoisotopic (exact) mass is 246 g/mol. The maximum atomic E-state index is 11.7. The van der Waals surface area contributed by atoms with Gasteiger partial charge < -0.3 is 15.7 Å². The predicted molar refractivity (Wildman–Crippen MR) is 67.6 cm³/mol. The number of rotatable bonds is 5. The van der Waals surface area contributed by atoms with Crippen molar-refractivity contribution >= 4 is 17.7 Å². The van der Waals surface area contributed by atoms with Gasteiger partial charge in [0.05, 0.1) is 12.1 Å². The van der Waals surface area contributed by atoms with Crippen molar-refractivity contribution in [2.24, 2.45) is 5.92 Å². The summed E-state index contributed by atoms with van der Waals surface area (Å²) in [6, 6.07) is -0.0926. The number of amides is 1. The maximum Gasteiger partial charge on any atom is 0.238 e. The summed E-state index contributed by atoms with van der Waals surface area (Å²) < 4.78 is 0. The van der Waals surface area contributed by atoms with Crippen molar-refractivity contribution in [3.8, 4) is 0 Å². The third kappa shape index (κ3) is 5.18. The number of carbonyl (C=O) groups is 1. The molecule has 94 valence electrons. The fraction of sp³-hybridized carbons (Fsp3) is 0.909. The van der Waals surface area contributed by atoms with E-state index in [-0.39, 0.29) is 11.9 Å². The van der Waals surface area contributed by atoms with Gasteiger partial charge in [-0.05, 0) is 12.3 Å². The van der Waals surface area contributed by atoms with E-state index in [0.717, 1.165) is 24.5 Å². The zero-order valence-corrected chi connectivity index (χ0v) is 10.8. The summed E-state index contributed by atoms with van der Waals surface area (Å²) in [6.07, 6.45) is 0.299. The van der Waals surface area contributed by atoms with Crippen molar-refractivity contribution < 1.29 is 9.90 Å². The Morgan fingerprint density at radius 3 is 2.94 bits per heavy atom. The molecule has 2 unspecified atom stereocenters. The smallest absolute Gasteiger partial charge is 0.238 e. The summed E-state index contributed by atoms with van der Waals surface area (Å²) in [4.78, 5) is 11.7. The van der Waals surface area contributed by atoms with Crippen LogP contribution in [0.5, 0.6) is 0 Å². The van der Waals surface area contributed by atoms with Gasteiger partial charge in [0.15, 0.2) is 0 Å². The lowest BCUT2D eigenvalue weighted by atomic mass is 10.1. The number of thioether (sulfide) groups is 1. The highest BCUT2D eigenvalue weighted by Crippen LogP contribution is 2.08. The highest BCUT2D eigenvalue weighted by molar-refractivity contribution is 7.99. The molecule has 1 rings (SSSR count). The van der Waals surface area contributed by atoms with Gasteiger partial charge in [0, 0.05) is 24.6 Å². The molecular weight excluding hydrogens is 224 g/mol. The van der Waals surface area contributed by atoms with Gasteiger partial charge in [0.1, 0.15) is 0 Å². The molecule has 0 saturated carbocycles. The van der Waals surface area contributed by atoms with Crippen LogP contribution in [0, 0.1) is 5.92 Å². The minimum atomic E-state index is -0.430. The van der Waals surface area contributed by atoms with E-state index >= 15 is 0 Å². The van der Waals surface area contributed by atoms with Crippen LogP contribution in [0.1, 0.15) is 20.3 Å². The van der Waals surface area contributed by atoms with Crippen LogP contribution < -0.4 is 10.6 Å². The predicted octanol–water partition coefficient (Wildman–Crippen LogP) is 0.215. The molecule has 0 aromatic carbocycles. The van der Waals surface area contributed by atoms with E-state index in [4.69, 9.17) is 0 Å². The Labute approximate surface area is 102 Å². The van der Waals surface area contributed by atoms with E-state index in [1.165, 1.54) is 0 Å². The lowest BCUT2D eigenvalue weighted by molar-refractivity contribution is -0.123. The van der Waals surface area contributed by atoms with Crippen molar-refractivity contribution in [2.75, 3.05) is 24.6 Å². The zero-order chi connectivity index (χ0) is 12.0. The molecule has 0 radical (unpaired) electrons. The topological polar surface area (TPSA) is 61.4 Å². The molecule has 0 spiro atoms. The number of aliphatic hydroxyl groups is 1. The van der Waals surface area contributed by atoms with E-state index in [0.29, 0.717) is 12.5 Å². The van der Waals surface area contributed by atoms with Crippen LogP contribution in [-0.2, 0) is 4.79 Å². The van der Waals surface area contributed by atoms with Crippen molar-refractivity contribution in [1.82, 2.24) is 10.6 Å². The molecule has 1 saturated heterocycles. The first-order chi connectivity index (χ1) is 7.59. The van der Waals surface area contributed by atoms with Crippen molar-refractivity contribution in [3.05, 3.63) is 0 Å². The lowest BCUT2D eigenvalue weighted by Crippen LogP contribution is -2.50. The normalized spacial score (nSPS) is 23.1. The van der Waals surface area contributed by atoms with E-state index in [2.05, 4.69) is 24.5 Å². The van der Waals surface area contributed by atoms with Gasteiger partial charge >= 0.3 is 0 Å². The van der Waals surface area contributed by atoms with E-state index < -0.39 is 6.10 Å². The van der Waals surface area contributed by atoms with Crippen LogP contribution in [0.25, 0.3) is 0 Å². The maximum absolute atomic E-state index is 11.7. The van der Waals surface area contributed by atoms with Gasteiger partial charge in [-0.1, -0.05) is 13.8 Å². The van der Waals surface area contributed by atoms with Crippen molar-refractivity contribution in [1.29, 1.82) is 0 Å². The van der Waals surface area contributed by atoms with Gasteiger partial charge in [0.2, 0.25) is 5.91 Å². The molecule has 1 fully saturated rings. The molecule has 1 aliphatic rings. The first-order valence-corrected chi connectivity index (χ1v) is 7.02. The van der Waals surface area contributed by atoms with Crippen molar-refractivity contribution in [3.63, 3.8) is 0 Å². The van der Waals surface area contributed by atoms with Crippen LogP contribution >= 0.6 is 11.8 Å². The van der Waals surface area contributed by atoms with Gasteiger partial charge in [0.25, 0.3) is 0 Å². The summed E-state index contributed by atoms with van der Waals surface area (Å²) in [6.45, 7) is 5.37. The number of hydrogen-bond acceptors (Lipinski definition) is 4. The minimum absolute atomic E-state index is 0.00926. The quantitative estimate of drug-likeness (QED) is 0.649. The van der Waals surface area contributed by atoms with Crippen LogP contribution in [0.3, 0.4) is 0 Å². The summed E-state index contributed by atoms with van der Waals surface area (Å²) >= 11 is 1.79. The average molecular weight is 246 g/mol. The molecule has 2 atom stereocenters. The molecular formula is C11H22N2O2S. The fourth-order valence-electron chi connectivity index (χ4n) is 1.70. The fourth-order valence-corrected chi connectivity index (χ4v) is 2.64. The molecule has 3 N–H and O–H groups in total. The second-order valence-electron chi connectivity index (χ2n) is 4.61. The molecule has 0 bridgehead atoms. The van der Waals surface area contributed by atoms with Crippen LogP contribution in [0.15, 0.2) is 0 Å². The van der Waals surface area contributed by atoms with Crippen LogP contribution in [0.2, 0.25) is 0 Å². The van der Waals surface area contributed by atoms with Gasteiger partial charge in [-0.15, -0.1) is 0 Å². The first kappa shape index (κ1) is 13.8. The lowest BCUT2D eigenvalue weighted by Gasteiger charge is -2.23. The number of carbonyl (C=O) groups excluding carboxylic acids is 1. The molecule has 0 aliphatic carbocycles. The second kappa shape index (κ2) is 7.14. The molecule has 0 aromatic heterocycles. The average Bonchev–Trinajstić information content (AvgIpc) is 2.26. The largest absolute Gasteiger partial charge is 0.391 e. The molecule has 1 amide bonds. The molecule has 1 aliphatic heterocycles. The number of nitrogens with one attached hydrogen (secondary N) is 2. The Balaban J connectivity index is 2.18. The third-order valence-electron chi connectivity index (χ3n) is 2.49. The van der Waals surface area contributed by atoms with Gasteiger partial charge in [-0.3, -0.25) is 4.79 Å². The number of aliphatic hydroxyl groups excluding tert-OH is 1. The molecule has 1 heterocycles. The summed E-state index contributed by atoms with van der Waals surface area (Å²) in [5.74, 6) is 2.36. The Morgan fingerprint density at radius 2 is 2.38 bits per heavy atom. The minimum Gasteiger partial charge on any atom is -0.391 e. The van der Waals surface area contributed by atoms with E-state index in [1.807, 2.05) is 0 Å². The SMILES string of the molecule is CC(C)CC(O)CNC(=O)C1CSCCN1. The van der Waals surface area contributed by atoms with Crippen molar-refractivity contribution in [2.45, 2.75) is 32.4 Å². The summed E-state index contributed by atoms with van der Waals surface area (Å²) in [5, 5.41) is 15.6. The first-order valence-electron chi connectivity index (χ1n) is 5.86. The highest BCUT2D eigenvalue weighted by atomic mass is 32.2. The Bertz CT molecular complexity index is 218.